The Morgan fingerprint density at radius 1 is 1.65 bits per heavy atom. The quantitative estimate of drug-likeness (QED) is 0.799. The predicted molar refractivity (Wildman–Crippen MR) is 66.1 cm³/mol. The summed E-state index contributed by atoms with van der Waals surface area (Å²) in [5.41, 5.74) is 0.749. The van der Waals surface area contributed by atoms with Crippen molar-refractivity contribution in [3.8, 4) is 0 Å². The molecule has 17 heavy (non-hydrogen) atoms. The van der Waals surface area contributed by atoms with Crippen molar-refractivity contribution in [3.63, 3.8) is 0 Å². The van der Waals surface area contributed by atoms with Crippen molar-refractivity contribution in [1.29, 1.82) is 0 Å². The van der Waals surface area contributed by atoms with E-state index in [1.54, 1.807) is 17.9 Å². The first-order valence-corrected chi connectivity index (χ1v) is 5.74. The largest absolute Gasteiger partial charge is 0.364 e. The zero-order valence-corrected chi connectivity index (χ0v) is 9.90. The molecule has 1 aliphatic rings. The number of hydrogen-bond acceptors (Lipinski definition) is 2. The molecule has 0 unspecified atom stereocenters. The van der Waals surface area contributed by atoms with Gasteiger partial charge in [-0.2, -0.15) is 0 Å². The summed E-state index contributed by atoms with van der Waals surface area (Å²) in [6.07, 6.45) is 5.23. The second kappa shape index (κ2) is 4.57. The Balaban J connectivity index is 2.28. The maximum atomic E-state index is 12.2. The van der Waals surface area contributed by atoms with Crippen LogP contribution in [0.2, 0.25) is 0 Å². The minimum atomic E-state index is -0.221. The molecule has 1 saturated carbocycles. The zero-order valence-electron chi connectivity index (χ0n) is 9.90. The van der Waals surface area contributed by atoms with E-state index in [9.17, 15) is 9.59 Å². The highest BCUT2D eigenvalue weighted by Gasteiger charge is 2.32. The minimum absolute atomic E-state index is 0.200. The second-order valence-corrected chi connectivity index (χ2v) is 4.37. The van der Waals surface area contributed by atoms with Crippen LogP contribution in [0.15, 0.2) is 29.7 Å². The summed E-state index contributed by atoms with van der Waals surface area (Å²) in [6.45, 7) is 5.93. The molecule has 1 N–H and O–H groups in total. The smallest absolute Gasteiger partial charge is 0.259 e. The van der Waals surface area contributed by atoms with Gasteiger partial charge in [-0.3, -0.25) is 9.59 Å². The summed E-state index contributed by atoms with van der Waals surface area (Å²) in [5.74, 6) is -0.200. The summed E-state index contributed by atoms with van der Waals surface area (Å²) < 4.78 is 0. The first-order chi connectivity index (χ1) is 8.13. The summed E-state index contributed by atoms with van der Waals surface area (Å²) in [5, 5.41) is 0. The van der Waals surface area contributed by atoms with Gasteiger partial charge in [0, 0.05) is 30.5 Å². The van der Waals surface area contributed by atoms with Crippen LogP contribution in [-0.4, -0.2) is 28.4 Å². The van der Waals surface area contributed by atoms with Gasteiger partial charge < -0.3 is 9.88 Å². The number of carbonyl (C=O) groups excluding carboxylic acids is 1. The van der Waals surface area contributed by atoms with Gasteiger partial charge in [-0.15, -0.1) is 6.58 Å². The van der Waals surface area contributed by atoms with Gasteiger partial charge in [0.1, 0.15) is 5.56 Å². The Morgan fingerprint density at radius 3 is 2.88 bits per heavy atom. The Kier molecular flexibility index (Phi) is 3.13. The topological polar surface area (TPSA) is 53.2 Å². The highest BCUT2D eigenvalue weighted by molar-refractivity contribution is 5.94. The van der Waals surface area contributed by atoms with Crippen molar-refractivity contribution in [1.82, 2.24) is 9.88 Å². The highest BCUT2D eigenvalue weighted by Crippen LogP contribution is 2.27. The summed E-state index contributed by atoms with van der Waals surface area (Å²) >= 11 is 0. The van der Waals surface area contributed by atoms with Gasteiger partial charge in [0.25, 0.3) is 5.91 Å². The molecule has 4 nitrogen and oxygen atoms in total. The van der Waals surface area contributed by atoms with Crippen molar-refractivity contribution in [3.05, 3.63) is 46.4 Å². The van der Waals surface area contributed by atoms with Crippen LogP contribution in [0.1, 0.15) is 28.9 Å². The number of rotatable bonds is 4. The molecule has 4 heteroatoms. The minimum Gasteiger partial charge on any atom is -0.364 e. The maximum absolute atomic E-state index is 12.2. The number of nitrogens with one attached hydrogen (secondary N) is 1. The molecular formula is C13H16N2O2. The van der Waals surface area contributed by atoms with E-state index in [1.807, 2.05) is 0 Å². The van der Waals surface area contributed by atoms with Crippen LogP contribution in [0.4, 0.5) is 0 Å². The monoisotopic (exact) mass is 232 g/mol. The van der Waals surface area contributed by atoms with Crippen LogP contribution in [-0.2, 0) is 0 Å². The third-order valence-electron chi connectivity index (χ3n) is 2.86. The van der Waals surface area contributed by atoms with E-state index >= 15 is 0 Å². The first kappa shape index (κ1) is 11.6. The Bertz CT molecular complexity index is 500. The van der Waals surface area contributed by atoms with Gasteiger partial charge in [-0.25, -0.2) is 0 Å². The molecule has 0 spiro atoms. The van der Waals surface area contributed by atoms with Crippen LogP contribution in [0.5, 0.6) is 0 Å². The predicted octanol–water partition coefficient (Wildman–Crippen LogP) is 1.47. The Labute approximate surface area is 100.0 Å². The molecule has 0 aliphatic heterocycles. The SMILES string of the molecule is C=CCN(C(=O)c1c[nH]c(C)cc1=O)C1CC1. The molecule has 0 atom stereocenters. The molecule has 1 fully saturated rings. The van der Waals surface area contributed by atoms with E-state index in [-0.39, 0.29) is 22.9 Å². The fraction of sp³-hybridized carbons (Fsp3) is 0.385. The summed E-state index contributed by atoms with van der Waals surface area (Å²) in [6, 6.07) is 1.73. The average molecular weight is 232 g/mol. The van der Waals surface area contributed by atoms with Gasteiger partial charge in [0.05, 0.1) is 0 Å². The molecule has 0 radical (unpaired) electrons. The van der Waals surface area contributed by atoms with Crippen LogP contribution in [0.25, 0.3) is 0 Å². The van der Waals surface area contributed by atoms with E-state index in [0.29, 0.717) is 6.54 Å². The molecule has 0 bridgehead atoms. The van der Waals surface area contributed by atoms with Gasteiger partial charge in [-0.05, 0) is 19.8 Å². The Morgan fingerprint density at radius 2 is 2.35 bits per heavy atom. The van der Waals surface area contributed by atoms with E-state index < -0.39 is 0 Å². The third kappa shape index (κ3) is 2.46. The standard InChI is InChI=1S/C13H16N2O2/c1-3-6-15(10-4-5-10)13(17)11-8-14-9(2)7-12(11)16/h3,7-8,10H,1,4-6H2,2H3,(H,14,16). The van der Waals surface area contributed by atoms with Crippen LogP contribution >= 0.6 is 0 Å². The molecule has 1 amide bonds. The van der Waals surface area contributed by atoms with E-state index in [2.05, 4.69) is 11.6 Å². The summed E-state index contributed by atoms with van der Waals surface area (Å²) in [7, 11) is 0. The molecule has 90 valence electrons. The molecule has 1 aromatic rings. The van der Waals surface area contributed by atoms with Crippen molar-refractivity contribution in [2.45, 2.75) is 25.8 Å². The maximum Gasteiger partial charge on any atom is 0.259 e. The van der Waals surface area contributed by atoms with E-state index in [1.165, 1.54) is 12.3 Å². The van der Waals surface area contributed by atoms with Crippen molar-refractivity contribution in [2.75, 3.05) is 6.54 Å². The second-order valence-electron chi connectivity index (χ2n) is 4.37. The fourth-order valence-electron chi connectivity index (χ4n) is 1.82. The van der Waals surface area contributed by atoms with Crippen molar-refractivity contribution < 1.29 is 4.79 Å². The zero-order chi connectivity index (χ0) is 12.4. The lowest BCUT2D eigenvalue weighted by atomic mass is 10.2. The molecule has 1 heterocycles. The van der Waals surface area contributed by atoms with Gasteiger partial charge >= 0.3 is 0 Å². The number of carbonyl (C=O) groups is 1. The summed E-state index contributed by atoms with van der Waals surface area (Å²) in [4.78, 5) is 28.6. The van der Waals surface area contributed by atoms with E-state index in [0.717, 1.165) is 18.5 Å². The lowest BCUT2D eigenvalue weighted by Gasteiger charge is -2.20. The highest BCUT2D eigenvalue weighted by atomic mass is 16.2. The van der Waals surface area contributed by atoms with Crippen LogP contribution in [0, 0.1) is 6.92 Å². The number of hydrogen-bond donors (Lipinski definition) is 1. The molecular weight excluding hydrogens is 216 g/mol. The number of aromatic amines is 1. The average Bonchev–Trinajstić information content (AvgIpc) is 3.09. The third-order valence-corrected chi connectivity index (χ3v) is 2.86. The first-order valence-electron chi connectivity index (χ1n) is 5.74. The van der Waals surface area contributed by atoms with Crippen molar-refractivity contribution in [2.24, 2.45) is 0 Å². The number of aryl methyl sites for hydroxylation is 1. The lowest BCUT2D eigenvalue weighted by molar-refractivity contribution is 0.0761. The van der Waals surface area contributed by atoms with E-state index in [4.69, 9.17) is 0 Å². The number of amides is 1. The molecule has 1 aliphatic carbocycles. The van der Waals surface area contributed by atoms with Crippen LogP contribution in [0.3, 0.4) is 0 Å². The number of aromatic nitrogens is 1. The van der Waals surface area contributed by atoms with Gasteiger partial charge in [0.2, 0.25) is 0 Å². The van der Waals surface area contributed by atoms with Crippen LogP contribution < -0.4 is 5.43 Å². The lowest BCUT2D eigenvalue weighted by Crippen LogP contribution is -2.36. The number of pyridine rings is 1. The molecule has 0 saturated heterocycles. The van der Waals surface area contributed by atoms with Gasteiger partial charge in [-0.1, -0.05) is 6.08 Å². The van der Waals surface area contributed by atoms with Gasteiger partial charge in [0.15, 0.2) is 5.43 Å². The number of nitrogens with zero attached hydrogens (tertiary/aromatic N) is 1. The van der Waals surface area contributed by atoms with Crippen molar-refractivity contribution >= 4 is 5.91 Å². The fourth-order valence-corrected chi connectivity index (χ4v) is 1.82. The number of H-pyrrole nitrogens is 1. The normalized spacial score (nSPS) is 14.4. The molecule has 1 aromatic heterocycles. The molecule has 2 rings (SSSR count). The Hall–Kier alpha value is -1.84. The molecule has 0 aromatic carbocycles.